The van der Waals surface area contributed by atoms with Crippen molar-refractivity contribution in [2.24, 2.45) is 5.73 Å². The molecule has 0 radical (unpaired) electrons. The number of aromatic nitrogens is 3. The van der Waals surface area contributed by atoms with Gasteiger partial charge in [0, 0.05) is 6.54 Å². The molecular weight excluding hydrogens is 220 g/mol. The molecule has 0 saturated heterocycles. The lowest BCUT2D eigenvalue weighted by molar-refractivity contribution is 0.0204. The quantitative estimate of drug-likeness (QED) is 0.782. The molecule has 0 aliphatic heterocycles. The maximum Gasteiger partial charge on any atom is 0.360 e. The van der Waals surface area contributed by atoms with Crippen molar-refractivity contribution >= 4 is 5.97 Å². The Kier molecular flexibility index (Phi) is 4.08. The molecule has 1 aliphatic carbocycles. The molecule has 2 rings (SSSR count). The van der Waals surface area contributed by atoms with Crippen LogP contribution < -0.4 is 5.73 Å². The number of hydrogen-bond acceptors (Lipinski definition) is 5. The van der Waals surface area contributed by atoms with E-state index < -0.39 is 0 Å². The molecule has 0 unspecified atom stereocenters. The second-order valence-corrected chi connectivity index (χ2v) is 4.32. The van der Waals surface area contributed by atoms with Crippen LogP contribution in [0.5, 0.6) is 0 Å². The summed E-state index contributed by atoms with van der Waals surface area (Å²) < 4.78 is 6.94. The van der Waals surface area contributed by atoms with Crippen molar-refractivity contribution in [1.29, 1.82) is 0 Å². The number of carbonyl (C=O) groups is 1. The lowest BCUT2D eigenvalue weighted by Crippen LogP contribution is -2.21. The Morgan fingerprint density at radius 3 is 2.94 bits per heavy atom. The predicted octanol–water partition coefficient (Wildman–Crippen LogP) is 0.726. The minimum Gasteiger partial charge on any atom is -0.458 e. The van der Waals surface area contributed by atoms with Gasteiger partial charge in [0.05, 0.1) is 12.7 Å². The number of hydrogen-bond donors (Lipinski definition) is 1. The maximum atomic E-state index is 11.8. The van der Waals surface area contributed by atoms with E-state index in [4.69, 9.17) is 10.5 Å². The van der Waals surface area contributed by atoms with Crippen molar-refractivity contribution in [3.05, 3.63) is 11.9 Å². The molecule has 1 aliphatic rings. The first-order chi connectivity index (χ1) is 8.29. The lowest BCUT2D eigenvalue weighted by atomic mass is 9.98. The van der Waals surface area contributed by atoms with Crippen LogP contribution in [-0.2, 0) is 11.3 Å². The molecule has 0 amide bonds. The van der Waals surface area contributed by atoms with Gasteiger partial charge >= 0.3 is 5.97 Å². The monoisotopic (exact) mass is 238 g/mol. The molecule has 1 saturated carbocycles. The molecule has 1 aromatic heterocycles. The van der Waals surface area contributed by atoms with Crippen LogP contribution in [0.1, 0.15) is 42.6 Å². The van der Waals surface area contributed by atoms with Crippen molar-refractivity contribution in [2.45, 2.75) is 44.8 Å². The van der Waals surface area contributed by atoms with E-state index in [-0.39, 0.29) is 17.8 Å². The summed E-state index contributed by atoms with van der Waals surface area (Å²) in [7, 11) is 0. The third-order valence-corrected chi connectivity index (χ3v) is 2.93. The highest BCUT2D eigenvalue weighted by Crippen LogP contribution is 2.21. The van der Waals surface area contributed by atoms with E-state index in [2.05, 4.69) is 10.3 Å². The molecule has 2 N–H and O–H groups in total. The normalized spacial score (nSPS) is 17.0. The van der Waals surface area contributed by atoms with Gasteiger partial charge in [0.2, 0.25) is 0 Å². The van der Waals surface area contributed by atoms with Crippen LogP contribution in [0.15, 0.2) is 6.20 Å². The first-order valence-electron chi connectivity index (χ1n) is 6.11. The number of carbonyl (C=O) groups excluding carboxylic acids is 1. The molecular formula is C11H18N4O2. The molecule has 1 heterocycles. The summed E-state index contributed by atoms with van der Waals surface area (Å²) in [5.74, 6) is -0.375. The van der Waals surface area contributed by atoms with Gasteiger partial charge < -0.3 is 10.5 Å². The first kappa shape index (κ1) is 12.0. The van der Waals surface area contributed by atoms with Crippen molar-refractivity contribution in [3.8, 4) is 0 Å². The SMILES string of the molecule is NCCn1cc(C(=O)OC2CCCCC2)nn1. The summed E-state index contributed by atoms with van der Waals surface area (Å²) in [6.45, 7) is 1.03. The Balaban J connectivity index is 1.89. The molecule has 0 aromatic carbocycles. The second kappa shape index (κ2) is 5.77. The Morgan fingerprint density at radius 1 is 1.47 bits per heavy atom. The highest BCUT2D eigenvalue weighted by molar-refractivity contribution is 5.86. The van der Waals surface area contributed by atoms with E-state index in [0.29, 0.717) is 13.1 Å². The molecule has 0 spiro atoms. The van der Waals surface area contributed by atoms with Gasteiger partial charge in [-0.3, -0.25) is 4.68 Å². The minimum absolute atomic E-state index is 0.0518. The first-order valence-corrected chi connectivity index (χ1v) is 6.11. The molecule has 17 heavy (non-hydrogen) atoms. The van der Waals surface area contributed by atoms with E-state index in [1.165, 1.54) is 6.42 Å². The van der Waals surface area contributed by atoms with Gasteiger partial charge in [-0.15, -0.1) is 5.10 Å². The van der Waals surface area contributed by atoms with Crippen LogP contribution >= 0.6 is 0 Å². The zero-order chi connectivity index (χ0) is 12.1. The fraction of sp³-hybridized carbons (Fsp3) is 0.727. The van der Waals surface area contributed by atoms with Gasteiger partial charge in [0.1, 0.15) is 6.10 Å². The van der Waals surface area contributed by atoms with E-state index in [9.17, 15) is 4.79 Å². The van der Waals surface area contributed by atoms with E-state index in [1.807, 2.05) is 0 Å². The summed E-state index contributed by atoms with van der Waals surface area (Å²) >= 11 is 0. The van der Waals surface area contributed by atoms with E-state index >= 15 is 0 Å². The molecule has 0 bridgehead atoms. The van der Waals surface area contributed by atoms with Gasteiger partial charge in [-0.1, -0.05) is 11.6 Å². The number of nitrogens with two attached hydrogens (primary N) is 1. The Labute approximate surface area is 100 Å². The van der Waals surface area contributed by atoms with Gasteiger partial charge in [-0.05, 0) is 25.7 Å². The molecule has 1 aromatic rings. The highest BCUT2D eigenvalue weighted by Gasteiger charge is 2.20. The van der Waals surface area contributed by atoms with Crippen LogP contribution in [0.25, 0.3) is 0 Å². The highest BCUT2D eigenvalue weighted by atomic mass is 16.5. The van der Waals surface area contributed by atoms with E-state index in [0.717, 1.165) is 25.7 Å². The lowest BCUT2D eigenvalue weighted by Gasteiger charge is -2.21. The molecule has 94 valence electrons. The topological polar surface area (TPSA) is 83.0 Å². The summed E-state index contributed by atoms with van der Waals surface area (Å²) in [5.41, 5.74) is 5.66. The van der Waals surface area contributed by atoms with Crippen molar-refractivity contribution in [2.75, 3.05) is 6.54 Å². The molecule has 0 atom stereocenters. The predicted molar refractivity (Wildman–Crippen MR) is 61.4 cm³/mol. The van der Waals surface area contributed by atoms with Crippen molar-refractivity contribution in [3.63, 3.8) is 0 Å². The Bertz CT molecular complexity index is 371. The van der Waals surface area contributed by atoms with Crippen LogP contribution in [0, 0.1) is 0 Å². The average Bonchev–Trinajstić information content (AvgIpc) is 2.79. The number of rotatable bonds is 4. The van der Waals surface area contributed by atoms with Gasteiger partial charge in [0.15, 0.2) is 5.69 Å². The van der Waals surface area contributed by atoms with Gasteiger partial charge in [-0.2, -0.15) is 0 Å². The van der Waals surface area contributed by atoms with Gasteiger partial charge in [-0.25, -0.2) is 4.79 Å². The fourth-order valence-corrected chi connectivity index (χ4v) is 2.03. The zero-order valence-electron chi connectivity index (χ0n) is 9.84. The largest absolute Gasteiger partial charge is 0.458 e. The summed E-state index contributed by atoms with van der Waals surface area (Å²) in [4.78, 5) is 11.8. The fourth-order valence-electron chi connectivity index (χ4n) is 2.03. The van der Waals surface area contributed by atoms with Crippen LogP contribution in [0.4, 0.5) is 0 Å². The number of ether oxygens (including phenoxy) is 1. The van der Waals surface area contributed by atoms with E-state index in [1.54, 1.807) is 10.9 Å². The average molecular weight is 238 g/mol. The number of nitrogens with zero attached hydrogens (tertiary/aromatic N) is 3. The third-order valence-electron chi connectivity index (χ3n) is 2.93. The molecule has 6 heteroatoms. The van der Waals surface area contributed by atoms with Crippen molar-refractivity contribution < 1.29 is 9.53 Å². The summed E-state index contributed by atoms with van der Waals surface area (Å²) in [6, 6.07) is 0. The zero-order valence-corrected chi connectivity index (χ0v) is 9.84. The smallest absolute Gasteiger partial charge is 0.360 e. The van der Waals surface area contributed by atoms with Crippen LogP contribution in [0.2, 0.25) is 0 Å². The van der Waals surface area contributed by atoms with Crippen LogP contribution in [-0.4, -0.2) is 33.6 Å². The molecule has 1 fully saturated rings. The van der Waals surface area contributed by atoms with Crippen LogP contribution in [0.3, 0.4) is 0 Å². The minimum atomic E-state index is -0.375. The maximum absolute atomic E-state index is 11.8. The second-order valence-electron chi connectivity index (χ2n) is 4.32. The Hall–Kier alpha value is -1.43. The standard InChI is InChI=1S/C11H18N4O2/c12-6-7-15-8-10(13-14-15)11(16)17-9-4-2-1-3-5-9/h8-9H,1-7,12H2. The van der Waals surface area contributed by atoms with Gasteiger partial charge in [0.25, 0.3) is 0 Å². The molecule has 6 nitrogen and oxygen atoms in total. The summed E-state index contributed by atoms with van der Waals surface area (Å²) in [5, 5.41) is 7.59. The number of esters is 1. The van der Waals surface area contributed by atoms with Crippen molar-refractivity contribution in [1.82, 2.24) is 15.0 Å². The third kappa shape index (κ3) is 3.26. The summed E-state index contributed by atoms with van der Waals surface area (Å²) in [6.07, 6.45) is 7.07. The Morgan fingerprint density at radius 2 is 2.24 bits per heavy atom.